The van der Waals surface area contributed by atoms with Gasteiger partial charge in [-0.15, -0.1) is 9.24 Å². The third-order valence-electron chi connectivity index (χ3n) is 8.76. The molecule has 0 amide bonds. The van der Waals surface area contributed by atoms with E-state index in [1.165, 1.54) is 12.8 Å². The Morgan fingerprint density at radius 2 is 1.60 bits per heavy atom. The molecule has 0 aromatic carbocycles. The molecule has 0 radical (unpaired) electrons. The van der Waals surface area contributed by atoms with Crippen LogP contribution in [0.15, 0.2) is 0 Å². The lowest BCUT2D eigenvalue weighted by Crippen LogP contribution is -2.84. The van der Waals surface area contributed by atoms with Crippen molar-refractivity contribution in [1.29, 1.82) is 0 Å². The maximum atomic E-state index is 5.20. The fourth-order valence-corrected chi connectivity index (χ4v) is 9.98. The summed E-state index contributed by atoms with van der Waals surface area (Å²) in [6.07, 6.45) is 2.85. The monoisotopic (exact) mass is 238 g/mol. The van der Waals surface area contributed by atoms with Crippen LogP contribution in [0.1, 0.15) is 33.6 Å². The van der Waals surface area contributed by atoms with Crippen molar-refractivity contribution >= 4 is 21.9 Å². The first-order valence-electron chi connectivity index (χ1n) is 6.32. The lowest BCUT2D eigenvalue weighted by atomic mass is 9.17. The third-order valence-corrected chi connectivity index (χ3v) is 11.4. The number of thiol groups is 1. The predicted octanol–water partition coefficient (Wildman–Crippen LogP) is 2.98. The molecule has 0 aliphatic heterocycles. The summed E-state index contributed by atoms with van der Waals surface area (Å²) in [6, 6.07) is 0. The van der Waals surface area contributed by atoms with Gasteiger partial charge in [0.25, 0.3) is 0 Å². The largest absolute Gasteiger partial charge is 0.171 e. The zero-order valence-electron chi connectivity index (χ0n) is 9.67. The highest BCUT2D eigenvalue weighted by Gasteiger charge is 3.05. The third kappa shape index (κ3) is 0.361. The Morgan fingerprint density at radius 3 is 2.27 bits per heavy atom. The lowest BCUT2D eigenvalue weighted by molar-refractivity contribution is -0.388. The molecule has 9 unspecified atom stereocenters. The Balaban J connectivity index is 1.91. The topological polar surface area (TPSA) is 0 Å². The number of rotatable bonds is 0. The van der Waals surface area contributed by atoms with Gasteiger partial charge in [0.2, 0.25) is 0 Å². The summed E-state index contributed by atoms with van der Waals surface area (Å²) in [5.74, 6) is 3.15. The Labute approximate surface area is 99.6 Å². The van der Waals surface area contributed by atoms with Gasteiger partial charge in [-0.2, -0.15) is 12.6 Å². The van der Waals surface area contributed by atoms with E-state index in [0.29, 0.717) is 26.1 Å². The van der Waals surface area contributed by atoms with E-state index in [0.717, 1.165) is 17.8 Å². The second-order valence-electron chi connectivity index (χ2n) is 7.59. The molecule has 9 atom stereocenters. The SMILES string of the molecule is CC12C3CC1(P)C1(S)CC4C3C2(C)C41C. The molecule has 0 N–H and O–H groups in total. The summed E-state index contributed by atoms with van der Waals surface area (Å²) in [7, 11) is 3.26. The van der Waals surface area contributed by atoms with Crippen molar-refractivity contribution in [1.82, 2.24) is 0 Å². The van der Waals surface area contributed by atoms with Crippen LogP contribution in [0.2, 0.25) is 0 Å². The van der Waals surface area contributed by atoms with Gasteiger partial charge in [-0.25, -0.2) is 0 Å². The van der Waals surface area contributed by atoms with Crippen LogP contribution >= 0.6 is 21.9 Å². The van der Waals surface area contributed by atoms with Crippen LogP contribution in [-0.4, -0.2) is 9.90 Å². The molecule has 0 heterocycles. The summed E-state index contributed by atoms with van der Waals surface area (Å²) >= 11 is 5.20. The van der Waals surface area contributed by atoms with Gasteiger partial charge >= 0.3 is 0 Å². The lowest BCUT2D eigenvalue weighted by Gasteiger charge is -2.87. The fourth-order valence-electron chi connectivity index (χ4n) is 7.88. The van der Waals surface area contributed by atoms with E-state index in [-0.39, 0.29) is 0 Å². The highest BCUT2D eigenvalue weighted by molar-refractivity contribution is 7.82. The van der Waals surface area contributed by atoms with Crippen LogP contribution in [0.4, 0.5) is 0 Å². The maximum Gasteiger partial charge on any atom is 0.0290 e. The second kappa shape index (κ2) is 1.61. The number of hydrogen-bond acceptors (Lipinski definition) is 1. The Hall–Kier alpha value is 0.780. The van der Waals surface area contributed by atoms with Crippen LogP contribution in [0.25, 0.3) is 0 Å². The molecule has 15 heavy (non-hydrogen) atoms. The Morgan fingerprint density at radius 1 is 1.00 bits per heavy atom. The van der Waals surface area contributed by atoms with Gasteiger partial charge in [0.05, 0.1) is 0 Å². The van der Waals surface area contributed by atoms with Gasteiger partial charge in [-0.1, -0.05) is 20.8 Å². The minimum absolute atomic E-state index is 0.350. The molecular weight excluding hydrogens is 219 g/mol. The maximum absolute atomic E-state index is 5.20. The molecule has 0 bridgehead atoms. The van der Waals surface area contributed by atoms with Crippen LogP contribution < -0.4 is 0 Å². The molecule has 0 aromatic rings. The fraction of sp³-hybridized carbons (Fsp3) is 1.00. The summed E-state index contributed by atoms with van der Waals surface area (Å²) < 4.78 is 0.350. The number of hydrogen-bond donors (Lipinski definition) is 1. The van der Waals surface area contributed by atoms with Crippen molar-refractivity contribution in [3.8, 4) is 0 Å². The van der Waals surface area contributed by atoms with Crippen molar-refractivity contribution in [2.45, 2.75) is 43.5 Å². The standard InChI is InChI=1S/C13H19PS/c1-9-6-4-12(9,14)13(15)5-7-8(6)11(9,3)10(7,13)2/h6-8,15H,4-5,14H2,1-3H3. The van der Waals surface area contributed by atoms with Gasteiger partial charge in [0.15, 0.2) is 0 Å². The van der Waals surface area contributed by atoms with Gasteiger partial charge in [-0.05, 0) is 46.8 Å². The van der Waals surface area contributed by atoms with Crippen LogP contribution in [0.3, 0.4) is 0 Å². The zero-order valence-corrected chi connectivity index (χ0v) is 11.7. The molecule has 5 rings (SSSR count). The molecule has 0 saturated heterocycles. The van der Waals surface area contributed by atoms with Crippen LogP contribution in [-0.2, 0) is 0 Å². The van der Waals surface area contributed by atoms with Gasteiger partial charge in [0.1, 0.15) is 0 Å². The van der Waals surface area contributed by atoms with Crippen molar-refractivity contribution in [3.05, 3.63) is 0 Å². The minimum Gasteiger partial charge on any atom is -0.171 e. The Bertz CT molecular complexity index is 373. The van der Waals surface area contributed by atoms with Crippen LogP contribution in [0, 0.1) is 34.0 Å². The van der Waals surface area contributed by atoms with E-state index < -0.39 is 0 Å². The van der Waals surface area contributed by atoms with E-state index in [9.17, 15) is 0 Å². The Kier molecular flexibility index (Phi) is 0.944. The van der Waals surface area contributed by atoms with Gasteiger partial charge in [-0.3, -0.25) is 0 Å². The summed E-state index contributed by atoms with van der Waals surface area (Å²) in [4.78, 5) is 0. The molecule has 82 valence electrons. The quantitative estimate of drug-likeness (QED) is 0.487. The first kappa shape index (κ1) is 8.81. The molecule has 5 fully saturated rings. The first-order valence-corrected chi connectivity index (χ1v) is 7.34. The summed E-state index contributed by atoms with van der Waals surface area (Å²) in [5.41, 5.74) is 1.81. The average molecular weight is 238 g/mol. The molecule has 5 aliphatic rings. The second-order valence-corrected chi connectivity index (χ2v) is 9.33. The van der Waals surface area contributed by atoms with E-state index in [1.807, 2.05) is 0 Å². The average Bonchev–Trinajstić information content (AvgIpc) is 2.47. The van der Waals surface area contributed by atoms with Gasteiger partial charge < -0.3 is 0 Å². The highest BCUT2D eigenvalue weighted by atomic mass is 32.1. The van der Waals surface area contributed by atoms with Crippen molar-refractivity contribution < 1.29 is 0 Å². The predicted molar refractivity (Wildman–Crippen MR) is 68.2 cm³/mol. The number of fused-ring (bicyclic) bond motifs is 3. The summed E-state index contributed by atoms with van der Waals surface area (Å²) in [6.45, 7) is 7.71. The molecular formula is C13H19PS. The first-order chi connectivity index (χ1) is 6.81. The normalized spacial score (nSPS) is 89.8. The van der Waals surface area contributed by atoms with Crippen LogP contribution in [0.5, 0.6) is 0 Å². The highest BCUT2D eigenvalue weighted by Crippen LogP contribution is 3.07. The molecule has 5 aliphatic carbocycles. The molecule has 5 saturated carbocycles. The molecule has 0 nitrogen and oxygen atoms in total. The van der Waals surface area contributed by atoms with E-state index in [2.05, 4.69) is 30.0 Å². The molecule has 2 heteroatoms. The smallest absolute Gasteiger partial charge is 0.0290 e. The van der Waals surface area contributed by atoms with E-state index in [1.54, 1.807) is 0 Å². The zero-order chi connectivity index (χ0) is 10.6. The van der Waals surface area contributed by atoms with E-state index >= 15 is 0 Å². The minimum atomic E-state index is 0.350. The van der Waals surface area contributed by atoms with Crippen molar-refractivity contribution in [2.75, 3.05) is 0 Å². The van der Waals surface area contributed by atoms with E-state index in [4.69, 9.17) is 12.6 Å². The molecule has 0 aromatic heterocycles. The summed E-state index contributed by atoms with van der Waals surface area (Å²) in [5, 5.41) is 0.473. The van der Waals surface area contributed by atoms with Crippen molar-refractivity contribution in [2.24, 2.45) is 34.0 Å². The van der Waals surface area contributed by atoms with Crippen molar-refractivity contribution in [3.63, 3.8) is 0 Å². The molecule has 0 spiro atoms. The van der Waals surface area contributed by atoms with Gasteiger partial charge in [0, 0.05) is 9.90 Å².